The van der Waals surface area contributed by atoms with Gasteiger partial charge in [-0.05, 0) is 60.6 Å². The van der Waals surface area contributed by atoms with E-state index in [0.29, 0.717) is 5.92 Å². The highest BCUT2D eigenvalue weighted by Gasteiger charge is 2.27. The van der Waals surface area contributed by atoms with Gasteiger partial charge in [-0.1, -0.05) is 12.1 Å². The third kappa shape index (κ3) is 2.99. The predicted octanol–water partition coefficient (Wildman–Crippen LogP) is 4.53. The Hall–Kier alpha value is -2.49. The van der Waals surface area contributed by atoms with Gasteiger partial charge < -0.3 is 0 Å². The van der Waals surface area contributed by atoms with Crippen LogP contribution in [-0.4, -0.2) is 11.1 Å². The van der Waals surface area contributed by atoms with Gasteiger partial charge in [-0.25, -0.2) is 0 Å². The smallest absolute Gasteiger partial charge is 0.258 e. The van der Waals surface area contributed by atoms with Crippen LogP contribution >= 0.6 is 0 Å². The Kier molecular flexibility index (Phi) is 3.52. The van der Waals surface area contributed by atoms with Gasteiger partial charge in [-0.2, -0.15) is 0 Å². The summed E-state index contributed by atoms with van der Waals surface area (Å²) in [5.41, 5.74) is 4.60. The maximum absolute atomic E-state index is 10.6. The fourth-order valence-corrected chi connectivity index (χ4v) is 2.51. The van der Waals surface area contributed by atoms with Gasteiger partial charge in [0.2, 0.25) is 0 Å². The van der Waals surface area contributed by atoms with Crippen LogP contribution in [0, 0.1) is 17.0 Å². The maximum atomic E-state index is 10.6. The molecule has 0 saturated heterocycles. The molecule has 0 spiro atoms. The van der Waals surface area contributed by atoms with Crippen LogP contribution in [0.3, 0.4) is 0 Å². The van der Waals surface area contributed by atoms with Crippen molar-refractivity contribution in [3.05, 3.63) is 69.3 Å². The van der Waals surface area contributed by atoms with Gasteiger partial charge in [0.1, 0.15) is 0 Å². The van der Waals surface area contributed by atoms with Gasteiger partial charge >= 0.3 is 0 Å². The van der Waals surface area contributed by atoms with Crippen molar-refractivity contribution in [3.8, 4) is 0 Å². The number of nitrogens with zero attached hydrogens (tertiary/aromatic N) is 2. The molecule has 0 bridgehead atoms. The van der Waals surface area contributed by atoms with Gasteiger partial charge in [0.05, 0.1) is 10.6 Å². The van der Waals surface area contributed by atoms with Crippen LogP contribution in [0.1, 0.15) is 35.4 Å². The number of hydrogen-bond acceptors (Lipinski definition) is 3. The second-order valence-corrected chi connectivity index (χ2v) is 5.39. The highest BCUT2D eigenvalue weighted by molar-refractivity contribution is 5.82. The lowest BCUT2D eigenvalue weighted by Crippen LogP contribution is -1.89. The zero-order valence-corrected chi connectivity index (χ0v) is 11.8. The molecule has 106 valence electrons. The Morgan fingerprint density at radius 1 is 1.19 bits per heavy atom. The Morgan fingerprint density at radius 2 is 1.90 bits per heavy atom. The van der Waals surface area contributed by atoms with Crippen molar-refractivity contribution in [1.29, 1.82) is 0 Å². The van der Waals surface area contributed by atoms with Crippen LogP contribution in [0.2, 0.25) is 0 Å². The summed E-state index contributed by atoms with van der Waals surface area (Å²) in [6.45, 7) is 2.12. The first-order valence-corrected chi connectivity index (χ1v) is 7.03. The molecule has 0 amide bonds. The van der Waals surface area contributed by atoms with E-state index < -0.39 is 4.92 Å². The van der Waals surface area contributed by atoms with Gasteiger partial charge in [-0.15, -0.1) is 0 Å². The van der Waals surface area contributed by atoms with E-state index in [2.05, 4.69) is 18.0 Å². The van der Waals surface area contributed by atoms with E-state index >= 15 is 0 Å². The molecule has 1 fully saturated rings. The van der Waals surface area contributed by atoms with E-state index in [4.69, 9.17) is 0 Å². The number of hydrogen-bond donors (Lipinski definition) is 0. The molecule has 1 saturated carbocycles. The molecule has 0 radical (unpaired) electrons. The molecule has 2 aromatic carbocycles. The molecule has 4 heteroatoms. The summed E-state index contributed by atoms with van der Waals surface area (Å²) in [7, 11) is 0. The summed E-state index contributed by atoms with van der Waals surface area (Å²) in [6.07, 6.45) is 4.25. The van der Waals surface area contributed by atoms with Crippen molar-refractivity contribution >= 4 is 17.6 Å². The second kappa shape index (κ2) is 5.48. The Labute approximate surface area is 123 Å². The topological polar surface area (TPSA) is 55.5 Å². The summed E-state index contributed by atoms with van der Waals surface area (Å²) in [5, 5.41) is 10.6. The average molecular weight is 280 g/mol. The Bertz CT molecular complexity index is 701. The SMILES string of the molecule is Cc1cccc(N=Cc2ccc([N+](=O)[O-])cc2)c1C1CC1. The molecule has 2 aromatic rings. The summed E-state index contributed by atoms with van der Waals surface area (Å²) >= 11 is 0. The fraction of sp³-hybridized carbons (Fsp3) is 0.235. The standard InChI is InChI=1S/C17H16N2O2/c1-12-3-2-4-16(17(12)14-7-8-14)18-11-13-5-9-15(10-6-13)19(20)21/h2-6,9-11,14H,7-8H2,1H3. The van der Waals surface area contributed by atoms with E-state index in [-0.39, 0.29) is 5.69 Å². The molecule has 4 nitrogen and oxygen atoms in total. The zero-order valence-electron chi connectivity index (χ0n) is 11.8. The Balaban J connectivity index is 1.86. The molecule has 0 atom stereocenters. The number of non-ortho nitro benzene ring substituents is 1. The quantitative estimate of drug-likeness (QED) is 0.469. The Morgan fingerprint density at radius 3 is 2.52 bits per heavy atom. The van der Waals surface area contributed by atoms with Crippen molar-refractivity contribution in [2.75, 3.05) is 0 Å². The molecule has 0 heterocycles. The van der Waals surface area contributed by atoms with Crippen LogP contribution in [0.5, 0.6) is 0 Å². The minimum absolute atomic E-state index is 0.0985. The largest absolute Gasteiger partial charge is 0.269 e. The van der Waals surface area contributed by atoms with Crippen molar-refractivity contribution in [2.24, 2.45) is 4.99 Å². The van der Waals surface area contributed by atoms with E-state index in [1.54, 1.807) is 18.3 Å². The van der Waals surface area contributed by atoms with E-state index in [1.807, 2.05) is 12.1 Å². The van der Waals surface area contributed by atoms with Gasteiger partial charge in [-0.3, -0.25) is 15.1 Å². The second-order valence-electron chi connectivity index (χ2n) is 5.39. The average Bonchev–Trinajstić information content (AvgIpc) is 3.30. The number of aliphatic imine (C=N–C) groups is 1. The van der Waals surface area contributed by atoms with Crippen LogP contribution in [-0.2, 0) is 0 Å². The third-order valence-corrected chi connectivity index (χ3v) is 3.74. The molecule has 0 aliphatic heterocycles. The number of aryl methyl sites for hydroxylation is 1. The van der Waals surface area contributed by atoms with Crippen LogP contribution in [0.15, 0.2) is 47.5 Å². The van der Waals surface area contributed by atoms with Crippen molar-refractivity contribution in [2.45, 2.75) is 25.7 Å². The lowest BCUT2D eigenvalue weighted by Gasteiger charge is -2.07. The molecular weight excluding hydrogens is 264 g/mol. The van der Waals surface area contributed by atoms with Crippen LogP contribution in [0.4, 0.5) is 11.4 Å². The summed E-state index contributed by atoms with van der Waals surface area (Å²) < 4.78 is 0. The molecule has 21 heavy (non-hydrogen) atoms. The zero-order chi connectivity index (χ0) is 14.8. The van der Waals surface area contributed by atoms with Gasteiger partial charge in [0, 0.05) is 18.3 Å². The predicted molar refractivity (Wildman–Crippen MR) is 83.5 cm³/mol. The highest BCUT2D eigenvalue weighted by Crippen LogP contribution is 2.45. The molecular formula is C17H16N2O2. The number of rotatable bonds is 4. The molecule has 0 N–H and O–H groups in total. The third-order valence-electron chi connectivity index (χ3n) is 3.74. The highest BCUT2D eigenvalue weighted by atomic mass is 16.6. The monoisotopic (exact) mass is 280 g/mol. The molecule has 1 aliphatic carbocycles. The number of nitro benzene ring substituents is 1. The van der Waals surface area contributed by atoms with E-state index in [0.717, 1.165) is 11.3 Å². The number of nitro groups is 1. The van der Waals surface area contributed by atoms with Crippen molar-refractivity contribution in [1.82, 2.24) is 0 Å². The van der Waals surface area contributed by atoms with Crippen LogP contribution < -0.4 is 0 Å². The molecule has 0 aromatic heterocycles. The van der Waals surface area contributed by atoms with Crippen molar-refractivity contribution in [3.63, 3.8) is 0 Å². The van der Waals surface area contributed by atoms with Gasteiger partial charge in [0.25, 0.3) is 5.69 Å². The molecule has 1 aliphatic rings. The maximum Gasteiger partial charge on any atom is 0.269 e. The lowest BCUT2D eigenvalue weighted by molar-refractivity contribution is -0.384. The lowest BCUT2D eigenvalue weighted by atomic mass is 10.0. The van der Waals surface area contributed by atoms with E-state index in [1.165, 1.54) is 36.1 Å². The van der Waals surface area contributed by atoms with Crippen LogP contribution in [0.25, 0.3) is 0 Å². The first kappa shape index (κ1) is 13.5. The summed E-state index contributed by atoms with van der Waals surface area (Å²) in [6, 6.07) is 12.6. The molecule has 3 rings (SSSR count). The normalized spacial score (nSPS) is 14.5. The van der Waals surface area contributed by atoms with Gasteiger partial charge in [0.15, 0.2) is 0 Å². The minimum Gasteiger partial charge on any atom is -0.258 e. The number of benzene rings is 2. The summed E-state index contributed by atoms with van der Waals surface area (Å²) in [5.74, 6) is 0.648. The summed E-state index contributed by atoms with van der Waals surface area (Å²) in [4.78, 5) is 14.8. The van der Waals surface area contributed by atoms with Crippen molar-refractivity contribution < 1.29 is 4.92 Å². The minimum atomic E-state index is -0.396. The first-order valence-electron chi connectivity index (χ1n) is 7.03. The first-order chi connectivity index (χ1) is 10.1. The molecule has 0 unspecified atom stereocenters. The van der Waals surface area contributed by atoms with E-state index in [9.17, 15) is 10.1 Å². The fourth-order valence-electron chi connectivity index (χ4n) is 2.51.